The maximum atomic E-state index is 5.58. The van der Waals surface area contributed by atoms with Gasteiger partial charge in [-0.05, 0) is 137 Å². The Hall–Kier alpha value is -13.8. The zero-order chi connectivity index (χ0) is 66.9. The van der Waals surface area contributed by atoms with Crippen LogP contribution in [0.4, 0.5) is 0 Å². The first kappa shape index (κ1) is 57.3. The minimum Gasteiger partial charge on any atom is -0.309 e. The SMILES string of the molecule is c1ccc(-c2nc(-c3cccc(-n4c5ccccc5c5ccc(-c6ccc7c8ccc(-c9ccc%10c%11ccc(-c%12ccc%13c(c%12)c%12ccccc%12n%13-c%12ccccc%12)cc%11n(-c%11nc(-c%12ccccc%12)c%12ccccc%12n%11)c%10c9)cc8n(-c8ccccc8)c7c6)cc54)c3)c3ccccc3n2)cc1. The zero-order valence-corrected chi connectivity index (χ0v) is 55.1. The van der Waals surface area contributed by atoms with Crippen molar-refractivity contribution in [2.24, 2.45) is 0 Å². The molecule has 15 aromatic carbocycles. The Kier molecular flexibility index (Phi) is 12.9. The van der Waals surface area contributed by atoms with Crippen LogP contribution in [-0.4, -0.2) is 38.2 Å². The molecule has 21 aromatic rings. The van der Waals surface area contributed by atoms with E-state index in [1.165, 1.54) is 43.4 Å². The second-order valence-corrected chi connectivity index (χ2v) is 26.5. The topological polar surface area (TPSA) is 71.3 Å². The summed E-state index contributed by atoms with van der Waals surface area (Å²) in [5.74, 6) is 1.31. The summed E-state index contributed by atoms with van der Waals surface area (Å²) < 4.78 is 9.53. The summed E-state index contributed by atoms with van der Waals surface area (Å²) in [6.07, 6.45) is 0. The monoisotopic (exact) mass is 1300 g/mol. The molecule has 0 aliphatic heterocycles. The normalized spacial score (nSPS) is 11.9. The average Bonchev–Trinajstić information content (AvgIpc) is 1.57. The molecule has 474 valence electrons. The Bertz CT molecular complexity index is 6980. The molecule has 21 rings (SSSR count). The fourth-order valence-electron chi connectivity index (χ4n) is 16.0. The van der Waals surface area contributed by atoms with Crippen molar-refractivity contribution in [2.75, 3.05) is 0 Å². The highest BCUT2D eigenvalue weighted by Gasteiger charge is 2.23. The van der Waals surface area contributed by atoms with E-state index in [-0.39, 0.29) is 0 Å². The summed E-state index contributed by atoms with van der Waals surface area (Å²) in [7, 11) is 0. The zero-order valence-electron chi connectivity index (χ0n) is 55.1. The molecule has 0 bridgehead atoms. The first-order chi connectivity index (χ1) is 50.6. The van der Waals surface area contributed by atoms with E-state index in [9.17, 15) is 0 Å². The predicted octanol–water partition coefficient (Wildman–Crippen LogP) is 24.0. The van der Waals surface area contributed by atoms with Gasteiger partial charge in [0, 0.05) is 87.6 Å². The number of hydrogen-bond acceptors (Lipinski definition) is 4. The van der Waals surface area contributed by atoms with E-state index in [1.807, 2.05) is 24.3 Å². The van der Waals surface area contributed by atoms with Crippen LogP contribution in [-0.2, 0) is 0 Å². The van der Waals surface area contributed by atoms with Crippen LogP contribution in [0.2, 0.25) is 0 Å². The fourth-order valence-corrected chi connectivity index (χ4v) is 16.0. The summed E-state index contributed by atoms with van der Waals surface area (Å²) >= 11 is 0. The minimum atomic E-state index is 0.610. The van der Waals surface area contributed by atoms with Crippen LogP contribution in [0.5, 0.6) is 0 Å². The van der Waals surface area contributed by atoms with E-state index in [1.54, 1.807) is 0 Å². The summed E-state index contributed by atoms with van der Waals surface area (Å²) in [4.78, 5) is 21.4. The molecular formula is C94H58N8. The molecule has 102 heavy (non-hydrogen) atoms. The number of fused-ring (bicyclic) bond motifs is 14. The Labute approximate surface area is 585 Å². The lowest BCUT2D eigenvalue weighted by Gasteiger charge is -2.13. The molecule has 6 heterocycles. The van der Waals surface area contributed by atoms with Crippen LogP contribution in [0.15, 0.2) is 352 Å². The van der Waals surface area contributed by atoms with Gasteiger partial charge in [0.2, 0.25) is 5.95 Å². The third-order valence-electron chi connectivity index (χ3n) is 20.8. The Morgan fingerprint density at radius 3 is 1.03 bits per heavy atom. The minimum absolute atomic E-state index is 0.610. The lowest BCUT2D eigenvalue weighted by Crippen LogP contribution is -2.03. The third kappa shape index (κ3) is 9.10. The van der Waals surface area contributed by atoms with Crippen LogP contribution in [0.25, 0.3) is 199 Å². The molecule has 0 atom stereocenters. The van der Waals surface area contributed by atoms with E-state index in [2.05, 4.69) is 346 Å². The van der Waals surface area contributed by atoms with E-state index >= 15 is 0 Å². The molecule has 6 aromatic heterocycles. The molecule has 0 radical (unpaired) electrons. The van der Waals surface area contributed by atoms with Gasteiger partial charge in [0.1, 0.15) is 0 Å². The molecule has 8 heteroatoms. The van der Waals surface area contributed by atoms with Crippen LogP contribution in [0, 0.1) is 0 Å². The molecule has 0 spiro atoms. The molecular weight excluding hydrogens is 1240 g/mol. The summed E-state index contributed by atoms with van der Waals surface area (Å²) in [6, 6.07) is 127. The van der Waals surface area contributed by atoms with Crippen molar-refractivity contribution in [1.82, 2.24) is 38.2 Å². The van der Waals surface area contributed by atoms with Crippen molar-refractivity contribution in [3.63, 3.8) is 0 Å². The highest BCUT2D eigenvalue weighted by atomic mass is 15.2. The molecule has 0 fully saturated rings. The number of benzene rings is 15. The largest absolute Gasteiger partial charge is 0.309 e. The maximum Gasteiger partial charge on any atom is 0.235 e. The quantitative estimate of drug-likeness (QED) is 0.137. The average molecular weight is 1300 g/mol. The predicted molar refractivity (Wildman–Crippen MR) is 423 cm³/mol. The standard InChI is InChI=1S/C94H58N8/c1-5-22-59(23-6-1)91-79-35-14-18-37-82(79)96-94(98-91)102-89-57-62(61-45-51-85-80(53-61)72-33-16-20-39-84(72)99(85)68-27-9-3-10-28-68)40-49-76(89)77-50-44-66(58-90(77)102)64-43-48-75-74-47-42-63(54-86(74)100(87(75)55-64)69-29-11-4-12-30-69)65-41-46-73-71-32-15-19-38-83(71)101(88(73)56-65)70-31-21-26-67(52-70)92-78-34-13-17-36-81(78)95-93(97-92)60-24-7-2-8-25-60/h1-58H. The molecule has 0 amide bonds. The van der Waals surface area contributed by atoms with Crippen molar-refractivity contribution in [3.05, 3.63) is 352 Å². The number of aromatic nitrogens is 8. The molecule has 0 aliphatic carbocycles. The van der Waals surface area contributed by atoms with E-state index < -0.39 is 0 Å². The van der Waals surface area contributed by atoms with Gasteiger partial charge in [-0.25, -0.2) is 19.9 Å². The van der Waals surface area contributed by atoms with Gasteiger partial charge >= 0.3 is 0 Å². The van der Waals surface area contributed by atoms with Crippen LogP contribution in [0.1, 0.15) is 0 Å². The van der Waals surface area contributed by atoms with Gasteiger partial charge in [-0.3, -0.25) is 4.57 Å². The van der Waals surface area contributed by atoms with Gasteiger partial charge in [0.15, 0.2) is 5.82 Å². The lowest BCUT2D eigenvalue weighted by atomic mass is 9.99. The highest BCUT2D eigenvalue weighted by Crippen LogP contribution is 2.44. The number of hydrogen-bond donors (Lipinski definition) is 0. The van der Waals surface area contributed by atoms with Gasteiger partial charge in [-0.2, -0.15) is 0 Å². The van der Waals surface area contributed by atoms with Gasteiger partial charge in [-0.15, -0.1) is 0 Å². The van der Waals surface area contributed by atoms with E-state index in [4.69, 9.17) is 19.9 Å². The number of nitrogens with zero attached hydrogens (tertiary/aromatic N) is 8. The number of rotatable bonds is 10. The van der Waals surface area contributed by atoms with Crippen molar-refractivity contribution in [1.29, 1.82) is 0 Å². The van der Waals surface area contributed by atoms with Crippen molar-refractivity contribution < 1.29 is 0 Å². The molecule has 0 aliphatic rings. The van der Waals surface area contributed by atoms with E-state index in [0.29, 0.717) is 11.8 Å². The lowest BCUT2D eigenvalue weighted by molar-refractivity contribution is 1.01. The molecule has 0 unspecified atom stereocenters. The Morgan fingerprint density at radius 2 is 0.510 bits per heavy atom. The first-order valence-corrected chi connectivity index (χ1v) is 34.7. The summed E-state index contributed by atoms with van der Waals surface area (Å²) in [5, 5.41) is 11.4. The molecule has 0 N–H and O–H groups in total. The van der Waals surface area contributed by atoms with Crippen molar-refractivity contribution >= 4 is 109 Å². The van der Waals surface area contributed by atoms with Gasteiger partial charge in [-0.1, -0.05) is 249 Å². The maximum absolute atomic E-state index is 5.58. The van der Waals surface area contributed by atoms with Crippen LogP contribution >= 0.6 is 0 Å². The fraction of sp³-hybridized carbons (Fsp3) is 0. The highest BCUT2D eigenvalue weighted by molar-refractivity contribution is 6.16. The summed E-state index contributed by atoms with van der Waals surface area (Å²) in [5.41, 5.74) is 25.4. The Morgan fingerprint density at radius 1 is 0.167 bits per heavy atom. The number of para-hydroxylation sites is 6. The molecule has 8 nitrogen and oxygen atoms in total. The smallest absolute Gasteiger partial charge is 0.235 e. The molecule has 0 saturated carbocycles. The van der Waals surface area contributed by atoms with Crippen molar-refractivity contribution in [3.8, 4) is 90.3 Å². The second kappa shape index (κ2) is 22.9. The van der Waals surface area contributed by atoms with Crippen LogP contribution in [0.3, 0.4) is 0 Å². The van der Waals surface area contributed by atoms with Gasteiger partial charge in [0.05, 0.1) is 66.6 Å². The van der Waals surface area contributed by atoms with Crippen molar-refractivity contribution in [2.45, 2.75) is 0 Å². The summed E-state index contributed by atoms with van der Waals surface area (Å²) in [6.45, 7) is 0. The third-order valence-corrected chi connectivity index (χ3v) is 20.8. The van der Waals surface area contributed by atoms with Crippen LogP contribution < -0.4 is 0 Å². The van der Waals surface area contributed by atoms with Gasteiger partial charge < -0.3 is 13.7 Å². The molecule has 0 saturated heterocycles. The first-order valence-electron chi connectivity index (χ1n) is 34.7. The Balaban J connectivity index is 0.716. The van der Waals surface area contributed by atoms with E-state index in [0.717, 1.165) is 144 Å². The second-order valence-electron chi connectivity index (χ2n) is 26.5. The van der Waals surface area contributed by atoms with Gasteiger partial charge in [0.25, 0.3) is 0 Å².